The second-order valence-electron chi connectivity index (χ2n) is 6.61. The van der Waals surface area contributed by atoms with Crippen LogP contribution in [-0.4, -0.2) is 32.6 Å². The van der Waals surface area contributed by atoms with Crippen molar-refractivity contribution in [3.63, 3.8) is 0 Å². The molecule has 1 N–H and O–H groups in total. The van der Waals surface area contributed by atoms with Crippen LogP contribution in [0, 0.1) is 0 Å². The zero-order valence-corrected chi connectivity index (χ0v) is 18.6. The molecule has 0 spiro atoms. The Morgan fingerprint density at radius 3 is 2.41 bits per heavy atom. The van der Waals surface area contributed by atoms with E-state index in [0.29, 0.717) is 11.6 Å². The molecule has 0 saturated heterocycles. The van der Waals surface area contributed by atoms with E-state index in [1.807, 2.05) is 24.3 Å². The highest BCUT2D eigenvalue weighted by Gasteiger charge is 2.21. The monoisotopic (exact) mass is 471 g/mol. The van der Waals surface area contributed by atoms with Crippen LogP contribution in [-0.2, 0) is 10.0 Å². The Hall–Kier alpha value is -3.56. The van der Waals surface area contributed by atoms with E-state index < -0.39 is 10.0 Å². The van der Waals surface area contributed by atoms with Gasteiger partial charge in [-0.2, -0.15) is 0 Å². The third-order valence-corrected chi connectivity index (χ3v) is 6.22. The maximum Gasteiger partial charge on any atom is 0.265 e. The molecule has 32 heavy (non-hydrogen) atoms. The number of ether oxygens (including phenoxy) is 3. The molecule has 0 saturated carbocycles. The predicted molar refractivity (Wildman–Crippen MR) is 121 cm³/mol. The molecular formula is C22H18ClN3O5S. The smallest absolute Gasteiger partial charge is 0.265 e. The molecule has 4 aromatic rings. The minimum atomic E-state index is -3.98. The molecule has 8 nitrogen and oxygen atoms in total. The minimum Gasteiger partial charge on any atom is -0.497 e. The van der Waals surface area contributed by atoms with Crippen LogP contribution in [0.4, 0.5) is 5.69 Å². The van der Waals surface area contributed by atoms with Crippen molar-refractivity contribution >= 4 is 38.1 Å². The van der Waals surface area contributed by atoms with Crippen LogP contribution in [0.2, 0.25) is 5.02 Å². The zero-order valence-electron chi connectivity index (χ0n) is 17.1. The van der Waals surface area contributed by atoms with Crippen LogP contribution < -0.4 is 18.9 Å². The second-order valence-corrected chi connectivity index (χ2v) is 8.66. The van der Waals surface area contributed by atoms with Crippen molar-refractivity contribution in [3.05, 3.63) is 72.0 Å². The normalized spacial score (nSPS) is 11.2. The van der Waals surface area contributed by atoms with Gasteiger partial charge in [0.05, 0.1) is 26.1 Å². The van der Waals surface area contributed by atoms with E-state index in [2.05, 4.69) is 14.7 Å². The van der Waals surface area contributed by atoms with Gasteiger partial charge in [0.15, 0.2) is 0 Å². The highest BCUT2D eigenvalue weighted by Crippen LogP contribution is 2.32. The Kier molecular flexibility index (Phi) is 6.02. The summed E-state index contributed by atoms with van der Waals surface area (Å²) in [4.78, 5) is 8.31. The van der Waals surface area contributed by atoms with Gasteiger partial charge in [0.25, 0.3) is 10.0 Å². The largest absolute Gasteiger partial charge is 0.497 e. The molecule has 2 heterocycles. The number of halogens is 1. The van der Waals surface area contributed by atoms with Crippen LogP contribution in [0.3, 0.4) is 0 Å². The van der Waals surface area contributed by atoms with Gasteiger partial charge in [0.2, 0.25) is 11.8 Å². The van der Waals surface area contributed by atoms with Crippen LogP contribution in [0.1, 0.15) is 0 Å². The van der Waals surface area contributed by atoms with Crippen LogP contribution >= 0.6 is 11.6 Å². The molecule has 0 unspecified atom stereocenters. The zero-order chi connectivity index (χ0) is 22.7. The maximum absolute atomic E-state index is 12.8. The first-order chi connectivity index (χ1) is 15.4. The lowest BCUT2D eigenvalue weighted by Gasteiger charge is -2.13. The van der Waals surface area contributed by atoms with E-state index in [1.54, 1.807) is 12.3 Å². The summed E-state index contributed by atoms with van der Waals surface area (Å²) in [6.45, 7) is 0. The number of pyridine rings is 2. The van der Waals surface area contributed by atoms with Gasteiger partial charge < -0.3 is 14.2 Å². The first kappa shape index (κ1) is 21.7. The Morgan fingerprint density at radius 2 is 1.69 bits per heavy atom. The van der Waals surface area contributed by atoms with E-state index in [0.717, 1.165) is 10.8 Å². The van der Waals surface area contributed by atoms with E-state index in [9.17, 15) is 8.42 Å². The molecule has 2 aromatic carbocycles. The maximum atomic E-state index is 12.8. The summed E-state index contributed by atoms with van der Waals surface area (Å²) >= 11 is 6.28. The average molecular weight is 472 g/mol. The van der Waals surface area contributed by atoms with E-state index in [1.165, 1.54) is 44.7 Å². The lowest BCUT2D eigenvalue weighted by Crippen LogP contribution is -2.14. The van der Waals surface area contributed by atoms with Crippen LogP contribution in [0.25, 0.3) is 10.8 Å². The molecule has 0 bridgehead atoms. The predicted octanol–water partition coefficient (Wildman–Crippen LogP) is 4.89. The Balaban J connectivity index is 1.56. The standard InChI is InChI=1S/C22H18ClN3O5S/c1-29-17-7-8-20(19(11-17)30-2)32(27,28)26-16-10-18(23)22(25-13-16)31-21-9-14-5-3-4-6-15(14)12-24-21/h3-13,26H,1-2H3. The van der Waals surface area contributed by atoms with E-state index in [-0.39, 0.29) is 27.2 Å². The van der Waals surface area contributed by atoms with Crippen molar-refractivity contribution in [1.82, 2.24) is 9.97 Å². The Morgan fingerprint density at radius 1 is 0.906 bits per heavy atom. The molecule has 2 aromatic heterocycles. The third kappa shape index (κ3) is 4.53. The highest BCUT2D eigenvalue weighted by molar-refractivity contribution is 7.92. The minimum absolute atomic E-state index is 0.0578. The number of nitrogens with zero attached hydrogens (tertiary/aromatic N) is 2. The van der Waals surface area contributed by atoms with Crippen molar-refractivity contribution in [2.45, 2.75) is 4.90 Å². The van der Waals surface area contributed by atoms with Gasteiger partial charge in [-0.05, 0) is 23.6 Å². The van der Waals surface area contributed by atoms with Crippen molar-refractivity contribution in [2.24, 2.45) is 0 Å². The Labute approximate surface area is 189 Å². The van der Waals surface area contributed by atoms with Gasteiger partial charge in [-0.3, -0.25) is 4.72 Å². The van der Waals surface area contributed by atoms with Crippen molar-refractivity contribution in [3.8, 4) is 23.3 Å². The van der Waals surface area contributed by atoms with Gasteiger partial charge in [0, 0.05) is 23.7 Å². The molecule has 0 aliphatic carbocycles. The first-order valence-corrected chi connectivity index (χ1v) is 11.2. The number of rotatable bonds is 7. The fourth-order valence-electron chi connectivity index (χ4n) is 2.98. The molecule has 0 atom stereocenters. The van der Waals surface area contributed by atoms with Gasteiger partial charge in [-0.15, -0.1) is 0 Å². The number of sulfonamides is 1. The van der Waals surface area contributed by atoms with Gasteiger partial charge in [-0.25, -0.2) is 18.4 Å². The number of methoxy groups -OCH3 is 2. The number of nitrogens with one attached hydrogen (secondary N) is 1. The summed E-state index contributed by atoms with van der Waals surface area (Å²) in [5.41, 5.74) is 0.159. The number of anilines is 1. The lowest BCUT2D eigenvalue weighted by molar-refractivity contribution is 0.386. The lowest BCUT2D eigenvalue weighted by atomic mass is 10.2. The van der Waals surface area contributed by atoms with Gasteiger partial charge >= 0.3 is 0 Å². The Bertz CT molecular complexity index is 1400. The third-order valence-electron chi connectivity index (χ3n) is 4.53. The first-order valence-electron chi connectivity index (χ1n) is 9.32. The number of aromatic nitrogens is 2. The fraction of sp³-hybridized carbons (Fsp3) is 0.0909. The molecule has 0 amide bonds. The molecule has 164 valence electrons. The molecular weight excluding hydrogens is 454 g/mol. The van der Waals surface area contributed by atoms with Gasteiger partial charge in [-0.1, -0.05) is 35.9 Å². The van der Waals surface area contributed by atoms with Gasteiger partial charge in [0.1, 0.15) is 21.4 Å². The summed E-state index contributed by atoms with van der Waals surface area (Å²) in [5, 5.41) is 2.03. The number of benzene rings is 2. The number of fused-ring (bicyclic) bond motifs is 1. The second kappa shape index (κ2) is 8.89. The summed E-state index contributed by atoms with van der Waals surface area (Å²) in [6, 6.07) is 15.3. The molecule has 0 aliphatic rings. The van der Waals surface area contributed by atoms with Crippen LogP contribution in [0.5, 0.6) is 23.3 Å². The molecule has 10 heteroatoms. The summed E-state index contributed by atoms with van der Waals surface area (Å²) < 4.78 is 44.1. The van der Waals surface area contributed by atoms with Crippen LogP contribution in [0.15, 0.2) is 71.9 Å². The van der Waals surface area contributed by atoms with Crippen molar-refractivity contribution < 1.29 is 22.6 Å². The topological polar surface area (TPSA) is 99.6 Å². The average Bonchev–Trinajstić information content (AvgIpc) is 2.80. The molecule has 4 rings (SSSR count). The quantitative estimate of drug-likeness (QED) is 0.409. The number of hydrogen-bond donors (Lipinski definition) is 1. The molecule has 0 fully saturated rings. The highest BCUT2D eigenvalue weighted by atomic mass is 35.5. The fourth-order valence-corrected chi connectivity index (χ4v) is 4.37. The SMILES string of the molecule is COc1ccc(S(=O)(=O)Nc2cnc(Oc3cc4ccccc4cn3)c(Cl)c2)c(OC)c1. The van der Waals surface area contributed by atoms with Crippen molar-refractivity contribution in [1.29, 1.82) is 0 Å². The number of hydrogen-bond acceptors (Lipinski definition) is 7. The summed E-state index contributed by atoms with van der Waals surface area (Å²) in [6.07, 6.45) is 2.99. The molecule has 0 aliphatic heterocycles. The summed E-state index contributed by atoms with van der Waals surface area (Å²) in [7, 11) is -1.12. The van der Waals surface area contributed by atoms with Crippen molar-refractivity contribution in [2.75, 3.05) is 18.9 Å². The van der Waals surface area contributed by atoms with E-state index in [4.69, 9.17) is 25.8 Å². The van der Waals surface area contributed by atoms with E-state index >= 15 is 0 Å². The summed E-state index contributed by atoms with van der Waals surface area (Å²) in [5.74, 6) is 1.02. The molecule has 0 radical (unpaired) electrons.